The van der Waals surface area contributed by atoms with Crippen LogP contribution in [0.15, 0.2) is 0 Å². The molecule has 21 heteroatoms. The molecule has 14 N–H and O–H groups in total. The molecule has 4 aliphatic heterocycles. The second-order valence-corrected chi connectivity index (χ2v) is 11.3. The Labute approximate surface area is 254 Å². The minimum absolute atomic E-state index is 0.633. The van der Waals surface area contributed by atoms with Gasteiger partial charge in [0.1, 0.15) is 97.7 Å². The van der Waals surface area contributed by atoms with Gasteiger partial charge in [0, 0.05) is 0 Å². The Hall–Kier alpha value is -0.840. The van der Waals surface area contributed by atoms with Crippen molar-refractivity contribution >= 4 is 0 Å². The van der Waals surface area contributed by atoms with Crippen LogP contribution in [-0.2, 0) is 33.2 Å². The maximum atomic E-state index is 10.4. The molecule has 0 aromatic heterocycles. The van der Waals surface area contributed by atoms with E-state index in [9.17, 15) is 71.5 Å². The van der Waals surface area contributed by atoms with E-state index in [1.165, 1.54) is 0 Å². The molecule has 0 aliphatic carbocycles. The predicted molar refractivity (Wildman–Crippen MR) is 134 cm³/mol. The van der Waals surface area contributed by atoms with E-state index in [0.717, 1.165) is 0 Å². The Morgan fingerprint density at radius 3 is 0.978 bits per heavy atom. The highest BCUT2D eigenvalue weighted by molar-refractivity contribution is 4.94. The van der Waals surface area contributed by atoms with Gasteiger partial charge in [-0.15, -0.1) is 0 Å². The van der Waals surface area contributed by atoms with Crippen molar-refractivity contribution in [3.63, 3.8) is 0 Å². The maximum absolute atomic E-state index is 10.4. The summed E-state index contributed by atoms with van der Waals surface area (Å²) in [6.45, 7) is -2.67. The summed E-state index contributed by atoms with van der Waals surface area (Å²) in [6, 6.07) is 0. The van der Waals surface area contributed by atoms with Crippen LogP contribution in [0.25, 0.3) is 0 Å². The van der Waals surface area contributed by atoms with Crippen LogP contribution in [0.1, 0.15) is 0 Å². The summed E-state index contributed by atoms with van der Waals surface area (Å²) < 4.78 is 37.2. The van der Waals surface area contributed by atoms with Crippen molar-refractivity contribution < 1.29 is 105 Å². The van der Waals surface area contributed by atoms with E-state index in [1.54, 1.807) is 0 Å². The number of aliphatic hydroxyl groups is 14. The molecule has 4 rings (SSSR count). The number of hydrogen-bond donors (Lipinski definition) is 14. The van der Waals surface area contributed by atoms with E-state index in [1.807, 2.05) is 0 Å². The van der Waals surface area contributed by atoms with Crippen LogP contribution in [0.5, 0.6) is 0 Å². The van der Waals surface area contributed by atoms with Gasteiger partial charge in [-0.2, -0.15) is 0 Å². The lowest BCUT2D eigenvalue weighted by Crippen LogP contribution is -2.63. The largest absolute Gasteiger partial charge is 0.394 e. The monoisotopic (exact) mass is 666 g/mol. The highest BCUT2D eigenvalue weighted by Crippen LogP contribution is 2.29. The lowest BCUT2D eigenvalue weighted by atomic mass is 9.98. The normalized spacial score (nSPS) is 52.9. The molecule has 0 aromatic rings. The molecule has 4 aliphatic rings. The van der Waals surface area contributed by atoms with Gasteiger partial charge in [-0.25, -0.2) is 0 Å². The highest BCUT2D eigenvalue weighted by atomic mass is 16.7. The van der Waals surface area contributed by atoms with Gasteiger partial charge in [0.2, 0.25) is 0 Å². The van der Waals surface area contributed by atoms with Crippen LogP contribution in [0.3, 0.4) is 0 Å². The molecule has 0 unspecified atom stereocenters. The van der Waals surface area contributed by atoms with Crippen LogP contribution in [0.2, 0.25) is 0 Å². The third-order valence-electron chi connectivity index (χ3n) is 8.15. The number of hydrogen-bond acceptors (Lipinski definition) is 21. The Kier molecular flexibility index (Phi) is 12.8. The minimum Gasteiger partial charge on any atom is -0.394 e. The third-order valence-corrected chi connectivity index (χ3v) is 8.15. The van der Waals surface area contributed by atoms with Crippen molar-refractivity contribution in [2.24, 2.45) is 0 Å². The number of ether oxygens (including phenoxy) is 7. The van der Waals surface area contributed by atoms with Gasteiger partial charge in [-0.1, -0.05) is 0 Å². The molecule has 0 spiro atoms. The molecule has 45 heavy (non-hydrogen) atoms. The third kappa shape index (κ3) is 7.91. The van der Waals surface area contributed by atoms with Crippen molar-refractivity contribution in [3.8, 4) is 0 Å². The zero-order valence-electron chi connectivity index (χ0n) is 23.5. The lowest BCUT2D eigenvalue weighted by Gasteiger charge is -2.44. The molecule has 0 saturated carbocycles. The molecule has 0 bridgehead atoms. The van der Waals surface area contributed by atoms with Crippen LogP contribution in [-0.4, -0.2) is 221 Å². The van der Waals surface area contributed by atoms with E-state index in [-0.39, 0.29) is 0 Å². The lowest BCUT2D eigenvalue weighted by molar-refractivity contribution is -0.346. The fourth-order valence-corrected chi connectivity index (χ4v) is 5.23. The van der Waals surface area contributed by atoms with Crippen molar-refractivity contribution in [1.82, 2.24) is 0 Å². The van der Waals surface area contributed by atoms with Gasteiger partial charge in [0.05, 0.1) is 26.4 Å². The molecule has 0 amide bonds. The van der Waals surface area contributed by atoms with Gasteiger partial charge in [-0.05, 0) is 0 Å². The van der Waals surface area contributed by atoms with Crippen molar-refractivity contribution in [2.75, 3.05) is 26.4 Å². The molecular weight excluding hydrogens is 624 g/mol. The molecule has 21 nitrogen and oxygen atoms in total. The van der Waals surface area contributed by atoms with Crippen molar-refractivity contribution in [2.45, 2.75) is 123 Å². The Balaban J connectivity index is 1.33. The van der Waals surface area contributed by atoms with E-state index in [2.05, 4.69) is 0 Å². The molecule has 0 radical (unpaired) electrons. The standard InChI is InChI=1S/C24H42O21/c25-1-5-9(26)14(31)18(35)22(43-5)40-3-7-11(28)16(33)20(37)24(45-7)41-4-8-12(29)15(32)19(36)23(44-8)39-2-6-10(27)13(30)17(34)21(38)42-6/h5-38H,1-4H2/t5-,6-,7-,8-,9-,10-,11-,12-,13+,14+,15+,16+,17-,18-,19-,20-,21-,22-,23-,24-/m1/s1. The summed E-state index contributed by atoms with van der Waals surface area (Å²) in [5, 5.41) is 141. The van der Waals surface area contributed by atoms with E-state index in [4.69, 9.17) is 33.2 Å². The minimum atomic E-state index is -1.88. The predicted octanol–water partition coefficient (Wildman–Crippen LogP) is -9.75. The van der Waals surface area contributed by atoms with Crippen LogP contribution in [0.4, 0.5) is 0 Å². The Morgan fingerprint density at radius 1 is 0.333 bits per heavy atom. The quantitative estimate of drug-likeness (QED) is 0.103. The topological polar surface area (TPSA) is 348 Å². The van der Waals surface area contributed by atoms with Gasteiger partial charge >= 0.3 is 0 Å². The summed E-state index contributed by atoms with van der Waals surface area (Å²) in [5.41, 5.74) is 0. The summed E-state index contributed by atoms with van der Waals surface area (Å²) in [7, 11) is 0. The molecule has 0 aromatic carbocycles. The van der Waals surface area contributed by atoms with E-state index >= 15 is 0 Å². The SMILES string of the molecule is OC[C@H]1O[C@@H](OC[C@H]2O[C@@H](OC[C@H]3O[C@@H](OC[C@H]4O[C@@H](O)[C@H](O)[C@@H](O)[C@@H]4O)[C@H](O)[C@@H](O)[C@@H]3O)[C@H](O)[C@@H](O)[C@@H]2O)[C@H](O)[C@@H](O)[C@@H]1O. The summed E-state index contributed by atoms with van der Waals surface area (Å²) in [5.74, 6) is 0. The summed E-state index contributed by atoms with van der Waals surface area (Å²) >= 11 is 0. The molecule has 4 heterocycles. The molecular formula is C24H42O21. The number of rotatable bonds is 10. The smallest absolute Gasteiger partial charge is 0.186 e. The van der Waals surface area contributed by atoms with Crippen LogP contribution < -0.4 is 0 Å². The van der Waals surface area contributed by atoms with Gasteiger partial charge in [0.15, 0.2) is 25.2 Å². The first kappa shape index (κ1) is 37.0. The van der Waals surface area contributed by atoms with Crippen LogP contribution in [0, 0.1) is 0 Å². The van der Waals surface area contributed by atoms with Crippen LogP contribution >= 0.6 is 0 Å². The second-order valence-electron chi connectivity index (χ2n) is 11.3. The molecule has 264 valence electrons. The average Bonchev–Trinajstić information content (AvgIpc) is 3.02. The first-order chi connectivity index (χ1) is 21.2. The van der Waals surface area contributed by atoms with E-state index < -0.39 is 149 Å². The van der Waals surface area contributed by atoms with Gasteiger partial charge < -0.3 is 105 Å². The molecule has 4 fully saturated rings. The number of aliphatic hydroxyl groups excluding tert-OH is 14. The first-order valence-corrected chi connectivity index (χ1v) is 14.1. The van der Waals surface area contributed by atoms with Gasteiger partial charge in [-0.3, -0.25) is 0 Å². The fourth-order valence-electron chi connectivity index (χ4n) is 5.23. The zero-order valence-corrected chi connectivity index (χ0v) is 23.5. The maximum Gasteiger partial charge on any atom is 0.186 e. The summed E-state index contributed by atoms with van der Waals surface area (Å²) in [4.78, 5) is 0. The fraction of sp³-hybridized carbons (Fsp3) is 1.00. The van der Waals surface area contributed by atoms with Gasteiger partial charge in [0.25, 0.3) is 0 Å². The summed E-state index contributed by atoms with van der Waals surface area (Å²) in [6.07, 6.45) is -34.1. The molecule has 4 saturated heterocycles. The van der Waals surface area contributed by atoms with Crippen molar-refractivity contribution in [3.05, 3.63) is 0 Å². The first-order valence-electron chi connectivity index (χ1n) is 14.1. The Morgan fingerprint density at radius 2 is 0.622 bits per heavy atom. The second kappa shape index (κ2) is 15.6. The molecule has 20 atom stereocenters. The van der Waals surface area contributed by atoms with E-state index in [0.29, 0.717) is 0 Å². The average molecular weight is 667 g/mol. The van der Waals surface area contributed by atoms with Crippen molar-refractivity contribution in [1.29, 1.82) is 0 Å². The zero-order chi connectivity index (χ0) is 33.3. The Bertz CT molecular complexity index is 916. The highest BCUT2D eigenvalue weighted by Gasteiger charge is 2.50.